The fraction of sp³-hybridized carbons (Fsp3) is 0.393. The fourth-order valence-corrected chi connectivity index (χ4v) is 6.01. The molecule has 2 heterocycles. The highest BCUT2D eigenvalue weighted by Crippen LogP contribution is 2.40. The van der Waals surface area contributed by atoms with Gasteiger partial charge in [0.2, 0.25) is 0 Å². The molecule has 5 nitrogen and oxygen atoms in total. The summed E-state index contributed by atoms with van der Waals surface area (Å²) < 4.78 is 4.32. The summed E-state index contributed by atoms with van der Waals surface area (Å²) in [6.45, 7) is 7.60. The van der Waals surface area contributed by atoms with E-state index in [4.69, 9.17) is 33.4 Å². The number of aromatic nitrogens is 4. The molecule has 0 saturated heterocycles. The van der Waals surface area contributed by atoms with E-state index in [9.17, 15) is 4.79 Å². The lowest BCUT2D eigenvalue weighted by Crippen LogP contribution is -2.29. The Morgan fingerprint density at radius 3 is 2.31 bits per heavy atom. The van der Waals surface area contributed by atoms with Gasteiger partial charge in [0.1, 0.15) is 5.69 Å². The van der Waals surface area contributed by atoms with Crippen LogP contribution >= 0.6 is 39.1 Å². The Morgan fingerprint density at radius 2 is 1.67 bits per heavy atom. The molecule has 2 aromatic carbocycles. The summed E-state index contributed by atoms with van der Waals surface area (Å²) >= 11 is 16.2. The second kappa shape index (κ2) is 9.96. The number of nitrogens with zero attached hydrogens (tertiary/aromatic N) is 4. The molecule has 1 aliphatic carbocycles. The lowest BCUT2D eigenvalue weighted by molar-refractivity contribution is 0.141. The summed E-state index contributed by atoms with van der Waals surface area (Å²) in [6, 6.07) is 15.0. The van der Waals surface area contributed by atoms with Crippen LogP contribution in [0, 0.1) is 17.3 Å². The zero-order valence-corrected chi connectivity index (χ0v) is 23.7. The van der Waals surface area contributed by atoms with Crippen molar-refractivity contribution in [3.63, 3.8) is 0 Å². The van der Waals surface area contributed by atoms with Crippen molar-refractivity contribution in [2.24, 2.45) is 17.3 Å². The van der Waals surface area contributed by atoms with Gasteiger partial charge >= 0.3 is 0 Å². The number of fused-ring (bicyclic) bond motifs is 1. The second-order valence-corrected chi connectivity index (χ2v) is 12.6. The van der Waals surface area contributed by atoms with Crippen molar-refractivity contribution in [1.29, 1.82) is 0 Å². The third-order valence-electron chi connectivity index (χ3n) is 7.39. The Balaban J connectivity index is 1.55. The monoisotopic (exact) mass is 586 g/mol. The highest BCUT2D eigenvalue weighted by atomic mass is 79.9. The maximum atomic E-state index is 13.4. The van der Waals surface area contributed by atoms with E-state index in [1.165, 1.54) is 12.8 Å². The van der Waals surface area contributed by atoms with Crippen LogP contribution in [-0.4, -0.2) is 19.6 Å². The molecule has 0 spiro atoms. The van der Waals surface area contributed by atoms with Crippen molar-refractivity contribution in [3.8, 4) is 28.3 Å². The van der Waals surface area contributed by atoms with Gasteiger partial charge in [-0.3, -0.25) is 4.79 Å². The van der Waals surface area contributed by atoms with Crippen molar-refractivity contribution in [3.05, 3.63) is 73.4 Å². The molecular formula is C28H29BrCl2N4O. The van der Waals surface area contributed by atoms with Crippen LogP contribution in [0.5, 0.6) is 0 Å². The number of hydrogen-bond donors (Lipinski definition) is 0. The van der Waals surface area contributed by atoms with Gasteiger partial charge in [0.15, 0.2) is 5.69 Å². The van der Waals surface area contributed by atoms with Crippen LogP contribution in [0.4, 0.5) is 0 Å². The lowest BCUT2D eigenvalue weighted by atomic mass is 9.70. The third kappa shape index (κ3) is 5.13. The molecule has 36 heavy (non-hydrogen) atoms. The first-order valence-corrected chi connectivity index (χ1v) is 13.9. The van der Waals surface area contributed by atoms with Gasteiger partial charge in [-0.05, 0) is 91.5 Å². The van der Waals surface area contributed by atoms with Crippen molar-refractivity contribution in [1.82, 2.24) is 19.6 Å². The van der Waals surface area contributed by atoms with E-state index in [0.717, 1.165) is 40.2 Å². The molecule has 0 bridgehead atoms. The average molecular weight is 588 g/mol. The number of benzene rings is 2. The van der Waals surface area contributed by atoms with Crippen LogP contribution in [0.1, 0.15) is 46.5 Å². The van der Waals surface area contributed by atoms with E-state index in [-0.39, 0.29) is 5.56 Å². The van der Waals surface area contributed by atoms with Crippen molar-refractivity contribution in [2.45, 2.75) is 53.0 Å². The van der Waals surface area contributed by atoms with Crippen molar-refractivity contribution < 1.29 is 0 Å². The lowest BCUT2D eigenvalue weighted by Gasteiger charge is -2.36. The van der Waals surface area contributed by atoms with Gasteiger partial charge in [-0.1, -0.05) is 59.9 Å². The molecule has 0 atom stereocenters. The maximum Gasteiger partial charge on any atom is 0.296 e. The molecule has 1 fully saturated rings. The van der Waals surface area contributed by atoms with Gasteiger partial charge in [-0.2, -0.15) is 10.2 Å². The Morgan fingerprint density at radius 1 is 0.972 bits per heavy atom. The predicted octanol–water partition coefficient (Wildman–Crippen LogP) is 8.12. The van der Waals surface area contributed by atoms with Crippen LogP contribution in [0.25, 0.3) is 28.3 Å². The van der Waals surface area contributed by atoms with Gasteiger partial charge in [0.25, 0.3) is 5.56 Å². The first kappa shape index (κ1) is 25.5. The minimum atomic E-state index is -0.150. The summed E-state index contributed by atoms with van der Waals surface area (Å²) in [4.78, 5) is 13.4. The molecule has 5 rings (SSSR count). The van der Waals surface area contributed by atoms with E-state index in [0.29, 0.717) is 39.3 Å². The standard InChI is InChI=1S/C28H29BrCl2N4O/c1-28(2,3)18-6-4-17(5-7-18)16-34-27(36)26-24(32-34)15-25(22-13-10-20(30)14-23(22)31)35(33-26)21-11-8-19(29)9-12-21/h8-15,17-18H,4-7,16H2,1-3H3. The Hall–Kier alpha value is -2.15. The van der Waals surface area contributed by atoms with Crippen LogP contribution in [0.2, 0.25) is 10.0 Å². The van der Waals surface area contributed by atoms with Crippen LogP contribution < -0.4 is 5.56 Å². The molecule has 1 saturated carbocycles. The van der Waals surface area contributed by atoms with Gasteiger partial charge in [0.05, 0.1) is 16.4 Å². The molecule has 2 aromatic rings. The second-order valence-electron chi connectivity index (χ2n) is 10.8. The Bertz CT molecular complexity index is 1410. The van der Waals surface area contributed by atoms with E-state index in [1.807, 2.05) is 36.4 Å². The van der Waals surface area contributed by atoms with E-state index >= 15 is 0 Å². The third-order valence-corrected chi connectivity index (χ3v) is 8.47. The highest BCUT2D eigenvalue weighted by molar-refractivity contribution is 9.10. The average Bonchev–Trinajstić information content (AvgIpc) is 3.13. The Kier molecular flexibility index (Phi) is 7.05. The van der Waals surface area contributed by atoms with Crippen LogP contribution in [0.3, 0.4) is 0 Å². The van der Waals surface area contributed by atoms with Gasteiger partial charge < -0.3 is 0 Å². The number of halogens is 3. The molecule has 188 valence electrons. The smallest absolute Gasteiger partial charge is 0.265 e. The first-order chi connectivity index (χ1) is 17.1. The molecule has 0 amide bonds. The quantitative estimate of drug-likeness (QED) is 0.242. The summed E-state index contributed by atoms with van der Waals surface area (Å²) in [7, 11) is 0. The van der Waals surface area contributed by atoms with Crippen LogP contribution in [0.15, 0.2) is 57.8 Å². The highest BCUT2D eigenvalue weighted by Gasteiger charge is 2.31. The number of hydrogen-bond acceptors (Lipinski definition) is 3. The summed E-state index contributed by atoms with van der Waals surface area (Å²) in [5.41, 5.74) is 3.42. The summed E-state index contributed by atoms with van der Waals surface area (Å²) in [5.74, 6) is 1.18. The molecule has 8 heteroatoms. The fourth-order valence-electron chi connectivity index (χ4n) is 5.24. The normalized spacial score (nSPS) is 18.6. The SMILES string of the molecule is CC(C)(C)C1CCC(Cn2nc3cc(-c4ccc(Cl)cc4Cl)n(-c4ccc(Br)cc4)nc-3c2=O)CC1. The molecule has 0 radical (unpaired) electrons. The topological polar surface area (TPSA) is 52.7 Å². The van der Waals surface area contributed by atoms with E-state index in [2.05, 4.69) is 36.7 Å². The van der Waals surface area contributed by atoms with Crippen molar-refractivity contribution >= 4 is 39.1 Å². The molecule has 0 aromatic heterocycles. The summed E-state index contributed by atoms with van der Waals surface area (Å²) in [5, 5.41) is 10.6. The largest absolute Gasteiger partial charge is 0.296 e. The maximum absolute atomic E-state index is 13.4. The van der Waals surface area contributed by atoms with Gasteiger partial charge in [0, 0.05) is 21.6 Å². The molecule has 3 aliphatic rings. The van der Waals surface area contributed by atoms with E-state index < -0.39 is 0 Å². The minimum absolute atomic E-state index is 0.150. The summed E-state index contributed by atoms with van der Waals surface area (Å²) in [6.07, 6.45) is 4.64. The van der Waals surface area contributed by atoms with Crippen LogP contribution in [-0.2, 0) is 6.54 Å². The predicted molar refractivity (Wildman–Crippen MR) is 150 cm³/mol. The zero-order chi connectivity index (χ0) is 25.6. The first-order valence-electron chi connectivity index (χ1n) is 12.3. The van der Waals surface area contributed by atoms with E-state index in [1.54, 1.807) is 21.5 Å². The van der Waals surface area contributed by atoms with Gasteiger partial charge in [-0.15, -0.1) is 0 Å². The molecule has 0 unspecified atom stereocenters. The number of rotatable bonds is 4. The molecular weight excluding hydrogens is 559 g/mol. The Labute approximate surface area is 229 Å². The molecule has 2 aliphatic heterocycles. The van der Waals surface area contributed by atoms with Gasteiger partial charge in [-0.25, -0.2) is 9.36 Å². The minimum Gasteiger partial charge on any atom is -0.265 e. The van der Waals surface area contributed by atoms with Crippen molar-refractivity contribution in [2.75, 3.05) is 0 Å². The molecule has 0 N–H and O–H groups in total. The zero-order valence-electron chi connectivity index (χ0n) is 20.6.